The summed E-state index contributed by atoms with van der Waals surface area (Å²) in [4.78, 5) is 3.26. The lowest BCUT2D eigenvalue weighted by Gasteiger charge is -2.23. The highest BCUT2D eigenvalue weighted by Gasteiger charge is 2.13. The molecule has 3 aromatic carbocycles. The third-order valence-electron chi connectivity index (χ3n) is 3.32. The van der Waals surface area contributed by atoms with E-state index in [4.69, 9.17) is 0 Å². The molecule has 0 aliphatic carbocycles. The van der Waals surface area contributed by atoms with Gasteiger partial charge in [0.25, 0.3) is 0 Å². The molecule has 0 aliphatic heterocycles. The summed E-state index contributed by atoms with van der Waals surface area (Å²) >= 11 is 0. The van der Waals surface area contributed by atoms with Crippen LogP contribution in [0.1, 0.15) is 0 Å². The van der Waals surface area contributed by atoms with Gasteiger partial charge in [-0.2, -0.15) is 10.9 Å². The van der Waals surface area contributed by atoms with E-state index >= 15 is 0 Å². The van der Waals surface area contributed by atoms with E-state index in [2.05, 4.69) is 0 Å². The monoisotopic (exact) mass is 312 g/mol. The summed E-state index contributed by atoms with van der Waals surface area (Å²) in [5.74, 6) is 0.695. The minimum absolute atomic E-state index is 0.232. The molecule has 3 nitrogen and oxygen atoms in total. The van der Waals surface area contributed by atoms with E-state index in [9.17, 15) is 15.3 Å². The van der Waals surface area contributed by atoms with Gasteiger partial charge in [0.2, 0.25) is 0 Å². The van der Waals surface area contributed by atoms with Crippen LogP contribution in [0.2, 0.25) is 0 Å². The smallest absolute Gasteiger partial charge is 0.115 e. The predicted octanol–water partition coefficient (Wildman–Crippen LogP) is 4.28. The molecule has 0 aliphatic rings. The quantitative estimate of drug-likeness (QED) is 0.546. The van der Waals surface area contributed by atoms with E-state index < -0.39 is 10.9 Å². The number of aromatic hydroxyl groups is 3. The predicted molar refractivity (Wildman–Crippen MR) is 88.1 cm³/mol. The topological polar surface area (TPSA) is 60.7 Å². The average Bonchev–Trinajstić information content (AvgIpc) is 2.53. The van der Waals surface area contributed by atoms with E-state index in [0.29, 0.717) is 0 Å². The molecule has 0 atom stereocenters. The number of rotatable bonds is 3. The second-order valence-corrected chi connectivity index (χ2v) is 7.10. The minimum atomic E-state index is -0.816. The van der Waals surface area contributed by atoms with E-state index in [0.717, 1.165) is 14.7 Å². The fourth-order valence-corrected chi connectivity index (χ4v) is 4.49. The van der Waals surface area contributed by atoms with Gasteiger partial charge in [0.1, 0.15) is 17.2 Å². The van der Waals surface area contributed by atoms with Gasteiger partial charge in [-0.3, -0.25) is 0 Å². The normalized spacial score (nSPS) is 11.2. The van der Waals surface area contributed by atoms with Crippen molar-refractivity contribution in [2.45, 2.75) is 14.7 Å². The van der Waals surface area contributed by atoms with Crippen LogP contribution in [0.25, 0.3) is 0 Å². The lowest BCUT2D eigenvalue weighted by molar-refractivity contribution is 0.474. The van der Waals surface area contributed by atoms with Gasteiger partial charge in [-0.1, -0.05) is 0 Å². The zero-order valence-electron chi connectivity index (χ0n) is 11.7. The van der Waals surface area contributed by atoms with E-state index in [1.807, 2.05) is 36.4 Å². The van der Waals surface area contributed by atoms with Crippen molar-refractivity contribution in [3.05, 3.63) is 72.8 Å². The highest BCUT2D eigenvalue weighted by molar-refractivity contribution is 8.17. The Kier molecular flexibility index (Phi) is 3.94. The Balaban J connectivity index is 2.10. The van der Waals surface area contributed by atoms with Crippen LogP contribution in [0.5, 0.6) is 17.2 Å². The highest BCUT2D eigenvalue weighted by atomic mass is 32.2. The Bertz CT molecular complexity index is 642. The summed E-state index contributed by atoms with van der Waals surface area (Å²) in [6, 6.07) is 21.5. The van der Waals surface area contributed by atoms with Crippen molar-refractivity contribution in [2.75, 3.05) is 0 Å². The van der Waals surface area contributed by atoms with Crippen LogP contribution in [0.3, 0.4) is 0 Å². The standard InChI is InChI=1S/C18H16O3S/c19-13-1-7-16(8-2-13)22(17-9-3-14(20)4-10-17)18-11-5-15(21)6-12-18/h1-12,19-22H. The Hall–Kier alpha value is -2.59. The van der Waals surface area contributed by atoms with Gasteiger partial charge in [0.05, 0.1) is 0 Å². The van der Waals surface area contributed by atoms with Crippen LogP contribution in [0.4, 0.5) is 0 Å². The van der Waals surface area contributed by atoms with Crippen LogP contribution in [-0.2, 0) is 0 Å². The summed E-state index contributed by atoms with van der Waals surface area (Å²) < 4.78 is 0. The first-order valence-corrected chi connectivity index (χ1v) is 8.15. The van der Waals surface area contributed by atoms with Crippen molar-refractivity contribution in [2.24, 2.45) is 0 Å². The highest BCUT2D eigenvalue weighted by Crippen LogP contribution is 2.51. The SMILES string of the molecule is Oc1ccc([SH](c2ccc(O)cc2)c2ccc(O)cc2)cc1. The maximum atomic E-state index is 9.49. The van der Waals surface area contributed by atoms with Gasteiger partial charge in [0.15, 0.2) is 0 Å². The largest absolute Gasteiger partial charge is 0.508 e. The molecule has 112 valence electrons. The van der Waals surface area contributed by atoms with Crippen LogP contribution >= 0.6 is 10.9 Å². The molecule has 0 spiro atoms. The van der Waals surface area contributed by atoms with E-state index in [1.54, 1.807) is 36.4 Å². The van der Waals surface area contributed by atoms with Crippen LogP contribution in [-0.4, -0.2) is 15.3 Å². The Morgan fingerprint density at radius 1 is 0.409 bits per heavy atom. The Labute approximate surface area is 131 Å². The molecule has 4 heteroatoms. The molecule has 0 heterocycles. The van der Waals surface area contributed by atoms with E-state index in [1.165, 1.54) is 0 Å². The molecule has 3 rings (SSSR count). The third kappa shape index (κ3) is 3.02. The van der Waals surface area contributed by atoms with Crippen molar-refractivity contribution in [3.8, 4) is 17.2 Å². The summed E-state index contributed by atoms with van der Waals surface area (Å²) in [7, 11) is -0.816. The second kappa shape index (κ2) is 6.03. The van der Waals surface area contributed by atoms with Crippen molar-refractivity contribution in [1.82, 2.24) is 0 Å². The molecule has 0 aromatic heterocycles. The number of hydrogen-bond acceptors (Lipinski definition) is 3. The van der Waals surface area contributed by atoms with Gasteiger partial charge in [0, 0.05) is 0 Å². The zero-order valence-corrected chi connectivity index (χ0v) is 12.6. The first kappa shape index (κ1) is 14.4. The molecular weight excluding hydrogens is 296 g/mol. The van der Waals surface area contributed by atoms with Gasteiger partial charge in [-0.05, 0) is 87.5 Å². The first-order chi connectivity index (χ1) is 10.6. The summed E-state index contributed by atoms with van der Waals surface area (Å²) in [5.41, 5.74) is 0. The Morgan fingerprint density at radius 3 is 0.864 bits per heavy atom. The van der Waals surface area contributed by atoms with Crippen molar-refractivity contribution in [1.29, 1.82) is 0 Å². The first-order valence-electron chi connectivity index (χ1n) is 6.81. The fourth-order valence-electron chi connectivity index (χ4n) is 2.25. The number of phenols is 3. The fraction of sp³-hybridized carbons (Fsp3) is 0. The summed E-state index contributed by atoms with van der Waals surface area (Å²) in [6.07, 6.45) is 0. The third-order valence-corrected chi connectivity index (χ3v) is 5.77. The van der Waals surface area contributed by atoms with Crippen LogP contribution in [0, 0.1) is 0 Å². The molecular formula is C18H16O3S. The molecule has 0 radical (unpaired) electrons. The number of thiol groups is 1. The average molecular weight is 312 g/mol. The molecule has 0 fully saturated rings. The van der Waals surface area contributed by atoms with Gasteiger partial charge in [-0.15, -0.1) is 0 Å². The van der Waals surface area contributed by atoms with Crippen molar-refractivity contribution < 1.29 is 15.3 Å². The van der Waals surface area contributed by atoms with Crippen LogP contribution < -0.4 is 0 Å². The number of benzene rings is 3. The van der Waals surface area contributed by atoms with Crippen molar-refractivity contribution in [3.63, 3.8) is 0 Å². The maximum absolute atomic E-state index is 9.49. The molecule has 0 amide bonds. The van der Waals surface area contributed by atoms with Crippen LogP contribution in [0.15, 0.2) is 87.5 Å². The van der Waals surface area contributed by atoms with Gasteiger partial charge >= 0.3 is 0 Å². The molecule has 22 heavy (non-hydrogen) atoms. The maximum Gasteiger partial charge on any atom is 0.115 e. The summed E-state index contributed by atoms with van der Waals surface area (Å²) in [5, 5.41) is 28.5. The number of hydrogen-bond donors (Lipinski definition) is 4. The summed E-state index contributed by atoms with van der Waals surface area (Å²) in [6.45, 7) is 0. The Morgan fingerprint density at radius 2 is 0.636 bits per heavy atom. The molecule has 0 saturated heterocycles. The van der Waals surface area contributed by atoms with Gasteiger partial charge in [-0.25, -0.2) is 0 Å². The molecule has 3 N–H and O–H groups in total. The zero-order chi connectivity index (χ0) is 15.5. The van der Waals surface area contributed by atoms with Gasteiger partial charge < -0.3 is 15.3 Å². The minimum Gasteiger partial charge on any atom is -0.508 e. The molecule has 0 saturated carbocycles. The lowest BCUT2D eigenvalue weighted by Crippen LogP contribution is -1.88. The van der Waals surface area contributed by atoms with Crippen molar-refractivity contribution >= 4 is 10.9 Å². The lowest BCUT2D eigenvalue weighted by atomic mass is 10.3. The molecule has 3 aromatic rings. The van der Waals surface area contributed by atoms with E-state index in [-0.39, 0.29) is 17.2 Å². The molecule has 0 unspecified atom stereocenters. The second-order valence-electron chi connectivity index (χ2n) is 4.88. The molecule has 0 bridgehead atoms. The number of phenolic OH excluding ortho intramolecular Hbond substituents is 3.